The Hall–Kier alpha value is -3.81. The van der Waals surface area contributed by atoms with Gasteiger partial charge in [0.1, 0.15) is 11.5 Å². The molecular formula is C24H22N4O3. The van der Waals surface area contributed by atoms with Crippen molar-refractivity contribution in [3.63, 3.8) is 0 Å². The van der Waals surface area contributed by atoms with Crippen LogP contribution in [-0.4, -0.2) is 29.1 Å². The lowest BCUT2D eigenvalue weighted by molar-refractivity contribution is -0.132. The Morgan fingerprint density at radius 3 is 2.55 bits per heavy atom. The highest BCUT2D eigenvalue weighted by Gasteiger charge is 2.56. The van der Waals surface area contributed by atoms with Gasteiger partial charge in [-0.05, 0) is 30.2 Å². The molecule has 1 aliphatic heterocycles. The molecular weight excluding hydrogens is 392 g/mol. The molecule has 2 atom stereocenters. The SMILES string of the molecule is Cc1ccc([C@@H]2[C@H]3CN(Cc4ccccc4)CC=C3C(C(=O)O)=C(N)C2(C#N)C#N)o1. The van der Waals surface area contributed by atoms with E-state index in [1.165, 1.54) is 0 Å². The summed E-state index contributed by atoms with van der Waals surface area (Å²) < 4.78 is 5.85. The molecule has 1 aromatic carbocycles. The summed E-state index contributed by atoms with van der Waals surface area (Å²) in [6.07, 6.45) is 1.86. The highest BCUT2D eigenvalue weighted by molar-refractivity contribution is 5.94. The van der Waals surface area contributed by atoms with Gasteiger partial charge in [0.05, 0.1) is 29.3 Å². The van der Waals surface area contributed by atoms with Crippen LogP contribution in [0.2, 0.25) is 0 Å². The number of nitrogens with two attached hydrogens (primary N) is 1. The molecule has 0 spiro atoms. The summed E-state index contributed by atoms with van der Waals surface area (Å²) >= 11 is 0. The molecule has 0 amide bonds. The zero-order valence-corrected chi connectivity index (χ0v) is 17.1. The number of fused-ring (bicyclic) bond motifs is 1. The van der Waals surface area contributed by atoms with Crippen LogP contribution in [0.25, 0.3) is 0 Å². The average molecular weight is 414 g/mol. The Labute approximate surface area is 180 Å². The second-order valence-corrected chi connectivity index (χ2v) is 8.00. The van der Waals surface area contributed by atoms with Crippen LogP contribution in [0.15, 0.2) is 69.8 Å². The van der Waals surface area contributed by atoms with Gasteiger partial charge < -0.3 is 15.3 Å². The molecule has 0 fully saturated rings. The quantitative estimate of drug-likeness (QED) is 0.787. The van der Waals surface area contributed by atoms with E-state index in [1.807, 2.05) is 48.5 Å². The van der Waals surface area contributed by atoms with Gasteiger partial charge in [0, 0.05) is 25.6 Å². The Balaban J connectivity index is 1.86. The van der Waals surface area contributed by atoms with Gasteiger partial charge in [-0.1, -0.05) is 36.4 Å². The van der Waals surface area contributed by atoms with Gasteiger partial charge in [0.2, 0.25) is 0 Å². The molecule has 1 aromatic heterocycles. The summed E-state index contributed by atoms with van der Waals surface area (Å²) in [5, 5.41) is 30.1. The van der Waals surface area contributed by atoms with Gasteiger partial charge in [0.25, 0.3) is 0 Å². The lowest BCUT2D eigenvalue weighted by Crippen LogP contribution is -2.48. The first-order chi connectivity index (χ1) is 14.9. The van der Waals surface area contributed by atoms with E-state index in [2.05, 4.69) is 4.90 Å². The first-order valence-electron chi connectivity index (χ1n) is 10.0. The maximum Gasteiger partial charge on any atom is 0.337 e. The number of rotatable bonds is 4. The predicted molar refractivity (Wildman–Crippen MR) is 112 cm³/mol. The van der Waals surface area contributed by atoms with Gasteiger partial charge in [0.15, 0.2) is 5.41 Å². The van der Waals surface area contributed by atoms with E-state index in [9.17, 15) is 20.4 Å². The smallest absolute Gasteiger partial charge is 0.337 e. The number of allylic oxidation sites excluding steroid dienone is 1. The van der Waals surface area contributed by atoms with E-state index in [4.69, 9.17) is 10.2 Å². The van der Waals surface area contributed by atoms with Gasteiger partial charge >= 0.3 is 5.97 Å². The topological polar surface area (TPSA) is 127 Å². The highest BCUT2D eigenvalue weighted by Crippen LogP contribution is 2.54. The molecule has 0 saturated carbocycles. The number of nitriles is 2. The predicted octanol–water partition coefficient (Wildman–Crippen LogP) is 3.07. The first kappa shape index (κ1) is 20.5. The van der Waals surface area contributed by atoms with Crippen LogP contribution < -0.4 is 5.73 Å². The largest absolute Gasteiger partial charge is 0.478 e. The average Bonchev–Trinajstić information content (AvgIpc) is 3.19. The molecule has 0 radical (unpaired) electrons. The fourth-order valence-electron chi connectivity index (χ4n) is 4.75. The number of hydrogen-bond donors (Lipinski definition) is 2. The van der Waals surface area contributed by atoms with E-state index in [1.54, 1.807) is 19.1 Å². The monoisotopic (exact) mass is 414 g/mol. The molecule has 3 N–H and O–H groups in total. The zero-order valence-electron chi connectivity index (χ0n) is 17.1. The summed E-state index contributed by atoms with van der Waals surface area (Å²) in [4.78, 5) is 14.3. The van der Waals surface area contributed by atoms with Crippen LogP contribution in [0.5, 0.6) is 0 Å². The Kier molecular flexibility index (Phi) is 5.14. The van der Waals surface area contributed by atoms with Crippen molar-refractivity contribution >= 4 is 5.97 Å². The van der Waals surface area contributed by atoms with Crippen molar-refractivity contribution in [3.8, 4) is 12.1 Å². The number of furan rings is 1. The molecule has 4 rings (SSSR count). The zero-order chi connectivity index (χ0) is 22.2. The van der Waals surface area contributed by atoms with Crippen molar-refractivity contribution < 1.29 is 14.3 Å². The fraction of sp³-hybridized carbons (Fsp3) is 0.292. The lowest BCUT2D eigenvalue weighted by Gasteiger charge is -2.45. The third kappa shape index (κ3) is 3.30. The second kappa shape index (κ2) is 7.79. The van der Waals surface area contributed by atoms with Crippen molar-refractivity contribution in [2.75, 3.05) is 13.1 Å². The summed E-state index contributed by atoms with van der Waals surface area (Å²) in [5.41, 5.74) is 5.74. The van der Waals surface area contributed by atoms with Crippen LogP contribution in [0.3, 0.4) is 0 Å². The molecule has 156 valence electrons. The van der Waals surface area contributed by atoms with Crippen molar-refractivity contribution in [1.29, 1.82) is 10.5 Å². The molecule has 1 aliphatic carbocycles. The van der Waals surface area contributed by atoms with Gasteiger partial charge in [-0.25, -0.2) is 4.79 Å². The van der Waals surface area contributed by atoms with Crippen molar-refractivity contribution in [2.45, 2.75) is 19.4 Å². The third-order valence-corrected chi connectivity index (χ3v) is 6.16. The Morgan fingerprint density at radius 2 is 1.97 bits per heavy atom. The van der Waals surface area contributed by atoms with Crippen LogP contribution in [0.1, 0.15) is 23.0 Å². The first-order valence-corrected chi connectivity index (χ1v) is 10.0. The molecule has 2 aliphatic rings. The molecule has 0 bridgehead atoms. The van der Waals surface area contributed by atoms with Crippen LogP contribution in [0, 0.1) is 40.9 Å². The second-order valence-electron chi connectivity index (χ2n) is 8.00. The van der Waals surface area contributed by atoms with Gasteiger partial charge in [-0.2, -0.15) is 10.5 Å². The van der Waals surface area contributed by atoms with Crippen molar-refractivity contribution in [3.05, 3.63) is 82.5 Å². The number of benzene rings is 1. The molecule has 2 heterocycles. The number of carbonyl (C=O) groups is 1. The van der Waals surface area contributed by atoms with E-state index < -0.39 is 23.2 Å². The third-order valence-electron chi connectivity index (χ3n) is 6.16. The maximum atomic E-state index is 12.1. The molecule has 7 heteroatoms. The minimum absolute atomic E-state index is 0.132. The van der Waals surface area contributed by atoms with E-state index in [-0.39, 0.29) is 11.3 Å². The van der Waals surface area contributed by atoms with Crippen LogP contribution in [-0.2, 0) is 11.3 Å². The Morgan fingerprint density at radius 1 is 1.26 bits per heavy atom. The van der Waals surface area contributed by atoms with E-state index in [0.29, 0.717) is 36.7 Å². The van der Waals surface area contributed by atoms with Crippen molar-refractivity contribution in [2.24, 2.45) is 17.1 Å². The number of aliphatic carboxylic acids is 1. The summed E-state index contributed by atoms with van der Waals surface area (Å²) in [7, 11) is 0. The van der Waals surface area contributed by atoms with Gasteiger partial charge in [-0.15, -0.1) is 0 Å². The highest BCUT2D eigenvalue weighted by atomic mass is 16.4. The summed E-state index contributed by atoms with van der Waals surface area (Å²) in [6, 6.07) is 17.6. The molecule has 31 heavy (non-hydrogen) atoms. The van der Waals surface area contributed by atoms with E-state index >= 15 is 0 Å². The number of aryl methyl sites for hydroxylation is 1. The normalized spacial score (nSPS) is 22.7. The molecule has 0 unspecified atom stereocenters. The summed E-state index contributed by atoms with van der Waals surface area (Å²) in [5.74, 6) is -1.27. The number of hydrogen-bond acceptors (Lipinski definition) is 6. The van der Waals surface area contributed by atoms with Crippen LogP contribution in [0.4, 0.5) is 0 Å². The maximum absolute atomic E-state index is 12.1. The van der Waals surface area contributed by atoms with Crippen molar-refractivity contribution in [1.82, 2.24) is 4.90 Å². The van der Waals surface area contributed by atoms with E-state index in [0.717, 1.165) is 5.56 Å². The summed E-state index contributed by atoms with van der Waals surface area (Å²) in [6.45, 7) is 3.47. The number of carboxylic acids is 1. The molecule has 0 saturated heterocycles. The minimum atomic E-state index is -1.84. The molecule has 7 nitrogen and oxygen atoms in total. The fourth-order valence-corrected chi connectivity index (χ4v) is 4.75. The van der Waals surface area contributed by atoms with Gasteiger partial charge in [-0.3, -0.25) is 4.90 Å². The Bertz CT molecular complexity index is 1150. The molecule has 2 aromatic rings. The number of nitrogens with zero attached hydrogens (tertiary/aromatic N) is 3. The number of carboxylic acid groups (broad SMARTS) is 1. The lowest BCUT2D eigenvalue weighted by atomic mass is 9.59. The minimum Gasteiger partial charge on any atom is -0.478 e. The van der Waals surface area contributed by atoms with Crippen LogP contribution >= 0.6 is 0 Å². The standard InChI is InChI=1S/C24H22N4O3/c1-15-7-8-19(31-15)21-18-12-28(11-16-5-3-2-4-6-16)10-9-17(18)20(23(29)30)22(27)24(21,13-25)14-26/h2-9,18,21H,10-12,27H2,1H3,(H,29,30)/t18-,21-/m0/s1.